The zero-order valence-electron chi connectivity index (χ0n) is 43.3. The smallest absolute Gasteiger partial charge is 0.338 e. The van der Waals surface area contributed by atoms with Gasteiger partial charge >= 0.3 is 24.3 Å². The molecule has 0 bridgehead atoms. The predicted octanol–water partition coefficient (Wildman–Crippen LogP) is 10.9. The highest BCUT2D eigenvalue weighted by Gasteiger charge is 2.31. The molecule has 0 spiro atoms. The third-order valence-electron chi connectivity index (χ3n) is 12.2. The highest BCUT2D eigenvalue weighted by molar-refractivity contribution is 7.80. The van der Waals surface area contributed by atoms with E-state index in [1.54, 1.807) is 13.0 Å². The molecule has 0 fully saturated rings. The van der Waals surface area contributed by atoms with Gasteiger partial charge in [0.15, 0.2) is 0 Å². The fourth-order valence-corrected chi connectivity index (χ4v) is 8.66. The number of benzene rings is 1. The van der Waals surface area contributed by atoms with E-state index in [1.165, 1.54) is 0 Å². The Labute approximate surface area is 411 Å². The average Bonchev–Trinajstić information content (AvgIpc) is 3.22. The zero-order valence-corrected chi connectivity index (χ0v) is 44.1. The van der Waals surface area contributed by atoms with Crippen molar-refractivity contribution in [3.05, 3.63) is 34.9 Å². The molecule has 0 aliphatic carbocycles. The molecule has 6 atom stereocenters. The van der Waals surface area contributed by atoms with E-state index < -0.39 is 11.7 Å². The first kappa shape index (κ1) is 61.9. The van der Waals surface area contributed by atoms with Crippen LogP contribution in [0.25, 0.3) is 0 Å². The van der Waals surface area contributed by atoms with Crippen molar-refractivity contribution in [2.24, 2.45) is 41.4 Å². The van der Waals surface area contributed by atoms with Gasteiger partial charge in [-0.15, -0.1) is 0 Å². The SMILES string of the molecule is CCC(=O)CC[C@H](CC(C)C)NC(=O)NC[C@H](C)CC(=O)CC[C@@H](NC(=O)NC[C@@H](CC(=O)CC[C@H](C)NC(=O)NC[C@@H](CC(=S)Cc1cc(C)cc(C(F)(F)F)c1)C(C)C)CC(C)C)C(C)C. The van der Waals surface area contributed by atoms with Crippen LogP contribution in [0, 0.1) is 48.3 Å². The minimum absolute atomic E-state index is 0.0218. The fraction of sp³-hybridized carbons (Fsp3) is 0.750. The predicted molar refractivity (Wildman–Crippen MR) is 271 cm³/mol. The molecule has 0 aliphatic rings. The van der Waals surface area contributed by atoms with Crippen molar-refractivity contribution >= 4 is 52.5 Å². The molecule has 12 nitrogen and oxygen atoms in total. The Morgan fingerprint density at radius 3 is 1.76 bits per heavy atom. The largest absolute Gasteiger partial charge is 0.416 e. The number of carbonyl (C=O) groups is 6. The molecule has 16 heteroatoms. The van der Waals surface area contributed by atoms with Crippen LogP contribution in [0.15, 0.2) is 18.2 Å². The summed E-state index contributed by atoms with van der Waals surface area (Å²) in [5, 5.41) is 17.7. The van der Waals surface area contributed by atoms with Gasteiger partial charge in [-0.25, -0.2) is 14.4 Å². The van der Waals surface area contributed by atoms with Gasteiger partial charge in [-0.2, -0.15) is 13.2 Å². The minimum Gasteiger partial charge on any atom is -0.338 e. The lowest BCUT2D eigenvalue weighted by atomic mass is 9.89. The van der Waals surface area contributed by atoms with Crippen molar-refractivity contribution in [2.45, 2.75) is 191 Å². The van der Waals surface area contributed by atoms with Crippen LogP contribution in [0.5, 0.6) is 0 Å². The Morgan fingerprint density at radius 1 is 0.618 bits per heavy atom. The molecule has 1 aromatic carbocycles. The molecule has 0 heterocycles. The van der Waals surface area contributed by atoms with Crippen LogP contribution in [0.4, 0.5) is 27.6 Å². The summed E-state index contributed by atoms with van der Waals surface area (Å²) in [6.45, 7) is 24.5. The van der Waals surface area contributed by atoms with Crippen molar-refractivity contribution in [1.82, 2.24) is 31.9 Å². The molecule has 6 amide bonds. The van der Waals surface area contributed by atoms with E-state index in [1.807, 2.05) is 48.5 Å². The number of rotatable bonds is 33. The van der Waals surface area contributed by atoms with Crippen LogP contribution < -0.4 is 31.9 Å². The molecule has 1 aromatic rings. The highest BCUT2D eigenvalue weighted by atomic mass is 32.1. The maximum atomic E-state index is 13.4. The summed E-state index contributed by atoms with van der Waals surface area (Å²) in [5.41, 5.74) is 0.332. The molecule has 1 rings (SSSR count). The van der Waals surface area contributed by atoms with E-state index in [4.69, 9.17) is 12.2 Å². The molecule has 388 valence electrons. The number of alkyl halides is 3. The van der Waals surface area contributed by atoms with Crippen LogP contribution in [0.1, 0.15) is 170 Å². The Morgan fingerprint density at radius 2 is 1.18 bits per heavy atom. The summed E-state index contributed by atoms with van der Waals surface area (Å²) in [5.74, 6) is 0.948. The quantitative estimate of drug-likeness (QED) is 0.0380. The maximum Gasteiger partial charge on any atom is 0.416 e. The number of halogens is 3. The molecule has 0 aromatic heterocycles. The summed E-state index contributed by atoms with van der Waals surface area (Å²) >= 11 is 5.60. The number of nitrogens with one attached hydrogen (secondary N) is 6. The van der Waals surface area contributed by atoms with Gasteiger partial charge in [-0.3, -0.25) is 14.4 Å². The van der Waals surface area contributed by atoms with Gasteiger partial charge in [-0.05, 0) is 116 Å². The lowest BCUT2D eigenvalue weighted by Gasteiger charge is -2.24. The van der Waals surface area contributed by atoms with Crippen LogP contribution in [0.2, 0.25) is 0 Å². The molecule has 6 N–H and O–H groups in total. The number of hydrogen-bond acceptors (Lipinski definition) is 7. The average molecular weight is 981 g/mol. The van der Waals surface area contributed by atoms with Crippen molar-refractivity contribution in [3.8, 4) is 0 Å². The summed E-state index contributed by atoms with van der Waals surface area (Å²) < 4.78 is 40.1. The Kier molecular flexibility index (Phi) is 29.1. The monoisotopic (exact) mass is 981 g/mol. The number of aryl methyl sites for hydroxylation is 1. The third-order valence-corrected chi connectivity index (χ3v) is 12.5. The lowest BCUT2D eigenvalue weighted by Crippen LogP contribution is -2.46. The second-order valence-corrected chi connectivity index (χ2v) is 21.4. The molecule has 68 heavy (non-hydrogen) atoms. The molecular weight excluding hydrogens is 894 g/mol. The first-order chi connectivity index (χ1) is 31.7. The summed E-state index contributed by atoms with van der Waals surface area (Å²) in [7, 11) is 0. The van der Waals surface area contributed by atoms with Crippen LogP contribution in [-0.4, -0.2) is 78.1 Å². The van der Waals surface area contributed by atoms with E-state index in [2.05, 4.69) is 59.6 Å². The van der Waals surface area contributed by atoms with Crippen molar-refractivity contribution in [3.63, 3.8) is 0 Å². The van der Waals surface area contributed by atoms with E-state index in [9.17, 15) is 41.9 Å². The minimum atomic E-state index is -4.44. The van der Waals surface area contributed by atoms with E-state index >= 15 is 0 Å². The number of Topliss-reactive ketones (excluding diaryl/α,β-unsaturated/α-hetero) is 3. The molecule has 0 saturated heterocycles. The van der Waals surface area contributed by atoms with Gasteiger partial charge < -0.3 is 31.9 Å². The van der Waals surface area contributed by atoms with Crippen molar-refractivity contribution < 1.29 is 41.9 Å². The fourth-order valence-electron chi connectivity index (χ4n) is 8.28. The molecule has 0 radical (unpaired) electrons. The van der Waals surface area contributed by atoms with Crippen molar-refractivity contribution in [1.29, 1.82) is 0 Å². The first-order valence-corrected chi connectivity index (χ1v) is 25.4. The number of carbonyl (C=O) groups excluding carboxylic acids is 6. The summed E-state index contributed by atoms with van der Waals surface area (Å²) in [6, 6.07) is 2.30. The number of amides is 6. The Balaban J connectivity index is 2.57. The summed E-state index contributed by atoms with van der Waals surface area (Å²) in [6.07, 6.45) is 1.29. The van der Waals surface area contributed by atoms with E-state index in [0.29, 0.717) is 92.4 Å². The maximum absolute atomic E-state index is 13.4. The number of ketones is 3. The second-order valence-electron chi connectivity index (χ2n) is 20.9. The number of urea groups is 3. The Bertz CT molecular complexity index is 1760. The van der Waals surface area contributed by atoms with E-state index in [0.717, 1.165) is 25.0 Å². The number of thiocarbonyl (C=S) groups is 1. The lowest BCUT2D eigenvalue weighted by molar-refractivity contribution is -0.137. The second kappa shape index (κ2) is 31.9. The molecular formula is C52H87F3N6O6S. The van der Waals surface area contributed by atoms with Gasteiger partial charge in [-0.1, -0.05) is 93.1 Å². The van der Waals surface area contributed by atoms with Gasteiger partial charge in [0.2, 0.25) is 0 Å². The molecule has 0 saturated carbocycles. The standard InChI is InChI=1S/C52H87F3N6O6S/c1-13-44(62)17-15-43(21-33(4)5)60-50(66)56-29-37(11)24-45(63)18-19-48(35(8)9)61-51(67)57-30-40(20-32(2)3)26-46(64)16-14-38(12)59-49(65)58-31-41(34(6)7)28-47(68)27-39-22-36(10)23-42(25-39)52(53,54)55/h22-23,25,32-35,37-38,40-41,43,48H,13-21,24,26-31H2,1-12H3,(H2,56,60,66)(H2,57,61,67)(H2,58,59,65)/t37-,38+,40-,41-,43-,48-/m1/s1. The molecule has 0 aliphatic heterocycles. The third kappa shape index (κ3) is 28.4. The van der Waals surface area contributed by atoms with Gasteiger partial charge in [0.25, 0.3) is 0 Å². The zero-order chi connectivity index (χ0) is 51.7. The summed E-state index contributed by atoms with van der Waals surface area (Å²) in [4.78, 5) is 77.2. The van der Waals surface area contributed by atoms with Gasteiger partial charge in [0.1, 0.15) is 17.3 Å². The highest BCUT2D eigenvalue weighted by Crippen LogP contribution is 2.31. The van der Waals surface area contributed by atoms with Gasteiger partial charge in [0, 0.05) is 82.7 Å². The number of hydrogen-bond donors (Lipinski definition) is 6. The Hall–Kier alpha value is -4.08. The van der Waals surface area contributed by atoms with Crippen LogP contribution in [-0.2, 0) is 27.0 Å². The van der Waals surface area contributed by atoms with Crippen LogP contribution >= 0.6 is 12.2 Å². The van der Waals surface area contributed by atoms with Gasteiger partial charge in [0.05, 0.1) is 5.56 Å². The molecule has 0 unspecified atom stereocenters. The first-order valence-electron chi connectivity index (χ1n) is 25.0. The van der Waals surface area contributed by atoms with Crippen LogP contribution in [0.3, 0.4) is 0 Å². The van der Waals surface area contributed by atoms with Crippen molar-refractivity contribution in [2.75, 3.05) is 19.6 Å². The van der Waals surface area contributed by atoms with E-state index in [-0.39, 0.29) is 109 Å². The normalized spacial score (nSPS) is 14.5. The topological polar surface area (TPSA) is 175 Å².